The van der Waals surface area contributed by atoms with Crippen LogP contribution in [0.5, 0.6) is 0 Å². The smallest absolute Gasteiger partial charge is 0.324 e. The minimum Gasteiger partial charge on any atom is -0.336 e. The number of hydrogen-bond acceptors (Lipinski definition) is 4. The predicted octanol–water partition coefficient (Wildman–Crippen LogP) is 1.87. The van der Waals surface area contributed by atoms with Crippen molar-refractivity contribution in [1.29, 1.82) is 0 Å². The van der Waals surface area contributed by atoms with Gasteiger partial charge in [0.25, 0.3) is 0 Å². The van der Waals surface area contributed by atoms with Crippen LogP contribution in [0.3, 0.4) is 0 Å². The summed E-state index contributed by atoms with van der Waals surface area (Å²) in [6, 6.07) is 7.50. The van der Waals surface area contributed by atoms with Crippen molar-refractivity contribution >= 4 is 34.7 Å². The second kappa shape index (κ2) is 6.23. The first-order valence-corrected chi connectivity index (χ1v) is 7.96. The van der Waals surface area contributed by atoms with E-state index in [4.69, 9.17) is 0 Å². The van der Waals surface area contributed by atoms with Crippen LogP contribution >= 0.6 is 11.8 Å². The average Bonchev–Trinajstić information content (AvgIpc) is 3.10. The van der Waals surface area contributed by atoms with Gasteiger partial charge in [-0.2, -0.15) is 0 Å². The number of amides is 3. The molecule has 0 bridgehead atoms. The molecule has 1 fully saturated rings. The highest BCUT2D eigenvalue weighted by molar-refractivity contribution is 7.99. The van der Waals surface area contributed by atoms with Gasteiger partial charge in [-0.05, 0) is 12.1 Å². The SMILES string of the molecule is C=CCn1c(SCC(=O)N2CCNC2=O)nc2ccccc21. The molecule has 0 atom stereocenters. The summed E-state index contributed by atoms with van der Waals surface area (Å²) in [7, 11) is 0. The summed E-state index contributed by atoms with van der Waals surface area (Å²) in [6.07, 6.45) is 1.80. The van der Waals surface area contributed by atoms with Crippen LogP contribution in [-0.4, -0.2) is 45.2 Å². The Morgan fingerprint density at radius 2 is 2.27 bits per heavy atom. The van der Waals surface area contributed by atoms with Crippen LogP contribution in [0.2, 0.25) is 0 Å². The van der Waals surface area contributed by atoms with E-state index in [9.17, 15) is 9.59 Å². The molecule has 0 aliphatic carbocycles. The molecule has 0 spiro atoms. The maximum absolute atomic E-state index is 12.1. The lowest BCUT2D eigenvalue weighted by molar-refractivity contribution is -0.124. The van der Waals surface area contributed by atoms with Crippen LogP contribution < -0.4 is 5.32 Å². The third-order valence-corrected chi connectivity index (χ3v) is 4.37. The maximum Gasteiger partial charge on any atom is 0.324 e. The lowest BCUT2D eigenvalue weighted by Crippen LogP contribution is -2.35. The molecule has 114 valence electrons. The number of nitrogens with one attached hydrogen (secondary N) is 1. The Hall–Kier alpha value is -2.28. The number of fused-ring (bicyclic) bond motifs is 1. The largest absolute Gasteiger partial charge is 0.336 e. The number of imide groups is 1. The minimum absolute atomic E-state index is 0.188. The second-order valence-electron chi connectivity index (χ2n) is 4.85. The fourth-order valence-electron chi connectivity index (χ4n) is 2.38. The summed E-state index contributed by atoms with van der Waals surface area (Å²) in [5.74, 6) is -0.00865. The van der Waals surface area contributed by atoms with Gasteiger partial charge in [0, 0.05) is 19.6 Å². The Balaban J connectivity index is 1.78. The summed E-state index contributed by atoms with van der Waals surface area (Å²) >= 11 is 1.34. The lowest BCUT2D eigenvalue weighted by Gasteiger charge is -2.11. The van der Waals surface area contributed by atoms with Crippen LogP contribution in [-0.2, 0) is 11.3 Å². The fraction of sp³-hybridized carbons (Fsp3) is 0.267. The number of benzene rings is 1. The predicted molar refractivity (Wildman–Crippen MR) is 85.8 cm³/mol. The van der Waals surface area contributed by atoms with Crippen LogP contribution in [0.4, 0.5) is 4.79 Å². The van der Waals surface area contributed by atoms with Gasteiger partial charge in [0.05, 0.1) is 16.8 Å². The van der Waals surface area contributed by atoms with Gasteiger partial charge in [0.15, 0.2) is 5.16 Å². The van der Waals surface area contributed by atoms with E-state index >= 15 is 0 Å². The van der Waals surface area contributed by atoms with E-state index in [1.807, 2.05) is 28.8 Å². The molecule has 3 rings (SSSR count). The number of hydrogen-bond donors (Lipinski definition) is 1. The Kier molecular flexibility index (Phi) is 4.15. The summed E-state index contributed by atoms with van der Waals surface area (Å²) < 4.78 is 2.02. The van der Waals surface area contributed by atoms with Gasteiger partial charge in [0.1, 0.15) is 0 Å². The van der Waals surface area contributed by atoms with Crippen molar-refractivity contribution in [2.24, 2.45) is 0 Å². The number of para-hydroxylation sites is 2. The number of aromatic nitrogens is 2. The number of urea groups is 1. The lowest BCUT2D eigenvalue weighted by atomic mass is 10.3. The first-order chi connectivity index (χ1) is 10.7. The van der Waals surface area contributed by atoms with Gasteiger partial charge in [-0.25, -0.2) is 9.78 Å². The summed E-state index contributed by atoms with van der Waals surface area (Å²) in [5, 5.41) is 3.38. The molecule has 1 aromatic heterocycles. The van der Waals surface area contributed by atoms with E-state index in [2.05, 4.69) is 16.9 Å². The number of carbonyl (C=O) groups is 2. The zero-order valence-corrected chi connectivity index (χ0v) is 12.8. The average molecular weight is 316 g/mol. The Labute approximate surface area is 132 Å². The van der Waals surface area contributed by atoms with E-state index in [1.54, 1.807) is 6.08 Å². The number of allylic oxidation sites excluding steroid dienone is 1. The zero-order valence-electron chi connectivity index (χ0n) is 12.0. The standard InChI is InChI=1S/C15H16N4O2S/c1-2-8-18-12-6-4-3-5-11(12)17-15(18)22-10-13(20)19-9-7-16-14(19)21/h2-6H,1,7-10H2,(H,16,21). The molecule has 1 saturated heterocycles. The first-order valence-electron chi connectivity index (χ1n) is 6.98. The molecule has 1 aliphatic rings. The number of imidazole rings is 1. The van der Waals surface area contributed by atoms with Crippen LogP contribution in [0.15, 0.2) is 42.1 Å². The van der Waals surface area contributed by atoms with Crippen molar-refractivity contribution in [3.05, 3.63) is 36.9 Å². The van der Waals surface area contributed by atoms with E-state index in [0.717, 1.165) is 16.2 Å². The Morgan fingerprint density at radius 3 is 3.00 bits per heavy atom. The van der Waals surface area contributed by atoms with E-state index in [0.29, 0.717) is 19.6 Å². The van der Waals surface area contributed by atoms with Crippen molar-refractivity contribution in [3.8, 4) is 0 Å². The molecule has 1 N–H and O–H groups in total. The molecule has 2 aromatic rings. The molecular formula is C15H16N4O2S. The molecule has 6 nitrogen and oxygen atoms in total. The summed E-state index contributed by atoms with van der Waals surface area (Å²) in [6.45, 7) is 5.34. The van der Waals surface area contributed by atoms with Gasteiger partial charge in [-0.3, -0.25) is 9.69 Å². The molecule has 1 aliphatic heterocycles. The Morgan fingerprint density at radius 1 is 1.45 bits per heavy atom. The third-order valence-electron chi connectivity index (χ3n) is 3.41. The van der Waals surface area contributed by atoms with Gasteiger partial charge < -0.3 is 9.88 Å². The second-order valence-corrected chi connectivity index (χ2v) is 5.79. The quantitative estimate of drug-likeness (QED) is 0.675. The topological polar surface area (TPSA) is 67.2 Å². The fourth-order valence-corrected chi connectivity index (χ4v) is 3.28. The van der Waals surface area contributed by atoms with Crippen molar-refractivity contribution in [2.45, 2.75) is 11.7 Å². The van der Waals surface area contributed by atoms with Crippen LogP contribution in [0.1, 0.15) is 0 Å². The third kappa shape index (κ3) is 2.71. The molecule has 0 radical (unpaired) electrons. The van der Waals surface area contributed by atoms with Crippen molar-refractivity contribution in [2.75, 3.05) is 18.8 Å². The molecule has 7 heteroatoms. The van der Waals surface area contributed by atoms with Gasteiger partial charge in [0.2, 0.25) is 5.91 Å². The van der Waals surface area contributed by atoms with Gasteiger partial charge in [-0.15, -0.1) is 6.58 Å². The van der Waals surface area contributed by atoms with Crippen LogP contribution in [0, 0.1) is 0 Å². The van der Waals surface area contributed by atoms with Crippen molar-refractivity contribution in [3.63, 3.8) is 0 Å². The van der Waals surface area contributed by atoms with E-state index < -0.39 is 0 Å². The minimum atomic E-state index is -0.315. The highest BCUT2D eigenvalue weighted by atomic mass is 32.2. The number of rotatable bonds is 5. The van der Waals surface area contributed by atoms with Gasteiger partial charge >= 0.3 is 6.03 Å². The Bertz CT molecular complexity index is 740. The monoisotopic (exact) mass is 316 g/mol. The summed E-state index contributed by atoms with van der Waals surface area (Å²) in [5.41, 5.74) is 1.90. The first kappa shape index (κ1) is 14.6. The van der Waals surface area contributed by atoms with Crippen molar-refractivity contribution < 1.29 is 9.59 Å². The zero-order chi connectivity index (χ0) is 15.5. The molecule has 0 saturated carbocycles. The number of thioether (sulfide) groups is 1. The molecule has 2 heterocycles. The highest BCUT2D eigenvalue weighted by Crippen LogP contribution is 2.24. The molecule has 22 heavy (non-hydrogen) atoms. The van der Waals surface area contributed by atoms with Gasteiger partial charge in [-0.1, -0.05) is 30.0 Å². The molecule has 1 aromatic carbocycles. The highest BCUT2D eigenvalue weighted by Gasteiger charge is 2.26. The molecule has 0 unspecified atom stereocenters. The number of carbonyl (C=O) groups excluding carboxylic acids is 2. The summed E-state index contributed by atoms with van der Waals surface area (Å²) in [4.78, 5) is 29.4. The molecule has 3 amide bonds. The van der Waals surface area contributed by atoms with E-state index in [1.165, 1.54) is 16.7 Å². The molecular weight excluding hydrogens is 300 g/mol. The van der Waals surface area contributed by atoms with Crippen LogP contribution in [0.25, 0.3) is 11.0 Å². The van der Waals surface area contributed by atoms with E-state index in [-0.39, 0.29) is 17.7 Å². The number of nitrogens with zero attached hydrogens (tertiary/aromatic N) is 3. The normalized spacial score (nSPS) is 14.4. The maximum atomic E-state index is 12.1. The van der Waals surface area contributed by atoms with Crippen molar-refractivity contribution in [1.82, 2.24) is 19.8 Å².